The van der Waals surface area contributed by atoms with Gasteiger partial charge >= 0.3 is 0 Å². The van der Waals surface area contributed by atoms with E-state index in [-0.39, 0.29) is 6.04 Å². The van der Waals surface area contributed by atoms with E-state index in [0.29, 0.717) is 0 Å². The molecule has 1 aromatic rings. The van der Waals surface area contributed by atoms with Crippen molar-refractivity contribution >= 4 is 5.82 Å². The van der Waals surface area contributed by atoms with E-state index in [9.17, 15) is 0 Å². The van der Waals surface area contributed by atoms with Crippen LogP contribution in [0.4, 0.5) is 5.82 Å². The average molecular weight is 262 g/mol. The Morgan fingerprint density at radius 2 is 1.89 bits per heavy atom. The second-order valence-corrected chi connectivity index (χ2v) is 5.92. The van der Waals surface area contributed by atoms with Gasteiger partial charge in [0.25, 0.3) is 0 Å². The van der Waals surface area contributed by atoms with Crippen LogP contribution in [0.3, 0.4) is 0 Å². The van der Waals surface area contributed by atoms with Crippen LogP contribution in [0.2, 0.25) is 0 Å². The standard InChI is InChI=1S/C15H26N4/c1-12(2)11-18-6-8-19(9-7-18)15-10-14(13(3)16)4-5-17-15/h4-5,10,12-13H,6-9,11,16H2,1-3H3/t13-/m1/s1. The zero-order valence-corrected chi connectivity index (χ0v) is 12.3. The third-order valence-electron chi connectivity index (χ3n) is 3.61. The van der Waals surface area contributed by atoms with Crippen LogP contribution in [0.25, 0.3) is 0 Å². The largest absolute Gasteiger partial charge is 0.354 e. The second-order valence-electron chi connectivity index (χ2n) is 5.92. The molecule has 0 spiro atoms. The van der Waals surface area contributed by atoms with Crippen molar-refractivity contribution in [3.05, 3.63) is 23.9 Å². The summed E-state index contributed by atoms with van der Waals surface area (Å²) >= 11 is 0. The van der Waals surface area contributed by atoms with Gasteiger partial charge in [-0.2, -0.15) is 0 Å². The minimum Gasteiger partial charge on any atom is -0.354 e. The Morgan fingerprint density at radius 1 is 1.21 bits per heavy atom. The quantitative estimate of drug-likeness (QED) is 0.900. The average Bonchev–Trinajstić information content (AvgIpc) is 2.39. The molecule has 2 N–H and O–H groups in total. The van der Waals surface area contributed by atoms with Gasteiger partial charge in [0.15, 0.2) is 0 Å². The van der Waals surface area contributed by atoms with Crippen LogP contribution in [-0.4, -0.2) is 42.6 Å². The van der Waals surface area contributed by atoms with E-state index < -0.39 is 0 Å². The van der Waals surface area contributed by atoms with E-state index in [1.165, 1.54) is 6.54 Å². The Balaban J connectivity index is 1.96. The van der Waals surface area contributed by atoms with E-state index in [4.69, 9.17) is 5.73 Å². The third kappa shape index (κ3) is 3.91. The predicted octanol–water partition coefficient (Wildman–Crippen LogP) is 1.88. The Kier molecular flexibility index (Phi) is 4.77. The third-order valence-corrected chi connectivity index (χ3v) is 3.61. The van der Waals surface area contributed by atoms with Gasteiger partial charge in [0.1, 0.15) is 5.82 Å². The van der Waals surface area contributed by atoms with Gasteiger partial charge in [-0.1, -0.05) is 13.8 Å². The maximum Gasteiger partial charge on any atom is 0.128 e. The van der Waals surface area contributed by atoms with Crippen LogP contribution in [0.1, 0.15) is 32.4 Å². The van der Waals surface area contributed by atoms with E-state index in [2.05, 4.69) is 34.7 Å². The zero-order valence-electron chi connectivity index (χ0n) is 12.3. The van der Waals surface area contributed by atoms with Gasteiger partial charge < -0.3 is 10.6 Å². The summed E-state index contributed by atoms with van der Waals surface area (Å²) in [6.45, 7) is 12.1. The molecule has 4 nitrogen and oxygen atoms in total. The highest BCUT2D eigenvalue weighted by Gasteiger charge is 2.18. The fourth-order valence-corrected chi connectivity index (χ4v) is 2.57. The Morgan fingerprint density at radius 3 is 2.47 bits per heavy atom. The molecule has 19 heavy (non-hydrogen) atoms. The van der Waals surface area contributed by atoms with E-state index >= 15 is 0 Å². The molecule has 1 fully saturated rings. The highest BCUT2D eigenvalue weighted by atomic mass is 15.3. The minimum atomic E-state index is 0.0731. The fraction of sp³-hybridized carbons (Fsp3) is 0.667. The van der Waals surface area contributed by atoms with Crippen LogP contribution < -0.4 is 10.6 Å². The fourth-order valence-electron chi connectivity index (χ4n) is 2.57. The van der Waals surface area contributed by atoms with Crippen molar-refractivity contribution in [2.45, 2.75) is 26.8 Å². The number of aromatic nitrogens is 1. The summed E-state index contributed by atoms with van der Waals surface area (Å²) < 4.78 is 0. The molecule has 1 saturated heterocycles. The highest BCUT2D eigenvalue weighted by Crippen LogP contribution is 2.18. The summed E-state index contributed by atoms with van der Waals surface area (Å²) in [5, 5.41) is 0. The molecule has 0 amide bonds. The molecule has 1 aliphatic heterocycles. The van der Waals surface area contributed by atoms with Gasteiger partial charge in [-0.05, 0) is 30.5 Å². The van der Waals surface area contributed by atoms with E-state index in [1.54, 1.807) is 0 Å². The second kappa shape index (κ2) is 6.35. The van der Waals surface area contributed by atoms with Gasteiger partial charge in [0.2, 0.25) is 0 Å². The van der Waals surface area contributed by atoms with Gasteiger partial charge in [-0.15, -0.1) is 0 Å². The SMILES string of the molecule is CC(C)CN1CCN(c2cc([C@@H](C)N)ccn2)CC1. The summed E-state index contributed by atoms with van der Waals surface area (Å²) in [5.41, 5.74) is 7.10. The first kappa shape index (κ1) is 14.3. The molecule has 0 unspecified atom stereocenters. The Labute approximate surface area is 116 Å². The smallest absolute Gasteiger partial charge is 0.128 e. The Bertz CT molecular complexity index is 395. The van der Waals surface area contributed by atoms with Crippen molar-refractivity contribution in [2.75, 3.05) is 37.6 Å². The normalized spacial score (nSPS) is 18.9. The number of piperazine rings is 1. The molecule has 1 aromatic heterocycles. The van der Waals surface area contributed by atoms with Crippen LogP contribution in [0.15, 0.2) is 18.3 Å². The predicted molar refractivity (Wildman–Crippen MR) is 80.3 cm³/mol. The monoisotopic (exact) mass is 262 g/mol. The van der Waals surface area contributed by atoms with Crippen molar-refractivity contribution < 1.29 is 0 Å². The molecule has 0 aromatic carbocycles. The summed E-state index contributed by atoms with van der Waals surface area (Å²) in [6, 6.07) is 4.20. The van der Waals surface area contributed by atoms with Crippen molar-refractivity contribution in [3.63, 3.8) is 0 Å². The van der Waals surface area contributed by atoms with Crippen molar-refractivity contribution in [1.82, 2.24) is 9.88 Å². The summed E-state index contributed by atoms with van der Waals surface area (Å²) in [5.74, 6) is 1.81. The summed E-state index contributed by atoms with van der Waals surface area (Å²) in [6.07, 6.45) is 1.87. The van der Waals surface area contributed by atoms with Crippen LogP contribution >= 0.6 is 0 Å². The molecule has 2 rings (SSSR count). The van der Waals surface area contributed by atoms with Crippen molar-refractivity contribution in [2.24, 2.45) is 11.7 Å². The Hall–Kier alpha value is -1.13. The molecule has 106 valence electrons. The lowest BCUT2D eigenvalue weighted by Gasteiger charge is -2.36. The topological polar surface area (TPSA) is 45.4 Å². The minimum absolute atomic E-state index is 0.0731. The summed E-state index contributed by atoms with van der Waals surface area (Å²) in [4.78, 5) is 9.39. The molecule has 0 radical (unpaired) electrons. The molecule has 0 aliphatic carbocycles. The lowest BCUT2D eigenvalue weighted by atomic mass is 10.1. The molecule has 1 aliphatic rings. The molecular weight excluding hydrogens is 236 g/mol. The maximum atomic E-state index is 5.93. The van der Waals surface area contributed by atoms with Crippen LogP contribution in [0, 0.1) is 5.92 Å². The lowest BCUT2D eigenvalue weighted by molar-refractivity contribution is 0.231. The van der Waals surface area contributed by atoms with Crippen molar-refractivity contribution in [1.29, 1.82) is 0 Å². The first-order chi connectivity index (χ1) is 9.06. The zero-order chi connectivity index (χ0) is 13.8. The molecule has 4 heteroatoms. The summed E-state index contributed by atoms with van der Waals surface area (Å²) in [7, 11) is 0. The molecular formula is C15H26N4. The number of anilines is 1. The van der Waals surface area contributed by atoms with Gasteiger partial charge in [0, 0.05) is 45.0 Å². The number of rotatable bonds is 4. The molecule has 0 saturated carbocycles. The van der Waals surface area contributed by atoms with Gasteiger partial charge in [0.05, 0.1) is 0 Å². The first-order valence-corrected chi connectivity index (χ1v) is 7.25. The molecule has 2 heterocycles. The number of nitrogens with zero attached hydrogens (tertiary/aromatic N) is 3. The molecule has 0 bridgehead atoms. The van der Waals surface area contributed by atoms with Gasteiger partial charge in [-0.3, -0.25) is 4.90 Å². The van der Waals surface area contributed by atoms with E-state index in [0.717, 1.165) is 43.5 Å². The first-order valence-electron chi connectivity index (χ1n) is 7.25. The van der Waals surface area contributed by atoms with Crippen molar-refractivity contribution in [3.8, 4) is 0 Å². The van der Waals surface area contributed by atoms with Gasteiger partial charge in [-0.25, -0.2) is 4.98 Å². The number of nitrogens with two attached hydrogens (primary N) is 1. The van der Waals surface area contributed by atoms with Crippen LogP contribution in [-0.2, 0) is 0 Å². The highest BCUT2D eigenvalue weighted by molar-refractivity contribution is 5.42. The number of hydrogen-bond donors (Lipinski definition) is 1. The van der Waals surface area contributed by atoms with E-state index in [1.807, 2.05) is 19.2 Å². The number of pyridine rings is 1. The van der Waals surface area contributed by atoms with Crippen LogP contribution in [0.5, 0.6) is 0 Å². The lowest BCUT2D eigenvalue weighted by Crippen LogP contribution is -2.47. The molecule has 1 atom stereocenters. The maximum absolute atomic E-state index is 5.93. The number of hydrogen-bond acceptors (Lipinski definition) is 4.